The molecule has 0 aromatic carbocycles. The van der Waals surface area contributed by atoms with Gasteiger partial charge in [-0.05, 0) is 18.9 Å². The molecule has 1 aliphatic heterocycles. The average Bonchev–Trinajstić information content (AvgIpc) is 2.86. The molecule has 1 aliphatic rings. The lowest BCUT2D eigenvalue weighted by Crippen LogP contribution is -2.36. The van der Waals surface area contributed by atoms with Crippen LogP contribution in [0.15, 0.2) is 24.5 Å². The van der Waals surface area contributed by atoms with Crippen LogP contribution in [0.1, 0.15) is 12.8 Å². The molecule has 96 valence electrons. The van der Waals surface area contributed by atoms with E-state index >= 15 is 0 Å². The first-order valence-electron chi connectivity index (χ1n) is 6.07. The van der Waals surface area contributed by atoms with Gasteiger partial charge in [-0.3, -0.25) is 0 Å². The predicted octanol–water partition coefficient (Wildman–Crippen LogP) is 2.21. The smallest absolute Gasteiger partial charge is 0.241 e. The number of piperidine rings is 1. The summed E-state index contributed by atoms with van der Waals surface area (Å²) in [6.07, 6.45) is 2.40. The second-order valence-electron chi connectivity index (χ2n) is 4.58. The van der Waals surface area contributed by atoms with Crippen LogP contribution < -0.4 is 4.90 Å². The van der Waals surface area contributed by atoms with E-state index < -0.39 is 12.3 Å². The van der Waals surface area contributed by atoms with Crippen LogP contribution in [0.4, 0.5) is 14.6 Å². The van der Waals surface area contributed by atoms with E-state index in [4.69, 9.17) is 0 Å². The maximum atomic E-state index is 12.6. The van der Waals surface area contributed by atoms with E-state index in [-0.39, 0.29) is 0 Å². The molecule has 4 nitrogen and oxygen atoms in total. The van der Waals surface area contributed by atoms with Crippen LogP contribution in [0.5, 0.6) is 0 Å². The third-order valence-electron chi connectivity index (χ3n) is 3.46. The minimum atomic E-state index is -2.20. The number of nitrogens with zero attached hydrogens (tertiary/aromatic N) is 4. The quantitative estimate of drug-likeness (QED) is 0.821. The summed E-state index contributed by atoms with van der Waals surface area (Å²) in [5.41, 5.74) is 0.781. The van der Waals surface area contributed by atoms with Crippen LogP contribution in [0.25, 0.3) is 5.65 Å². The fourth-order valence-electron chi connectivity index (χ4n) is 2.36. The van der Waals surface area contributed by atoms with E-state index in [0.717, 1.165) is 11.5 Å². The highest BCUT2D eigenvalue weighted by molar-refractivity contribution is 5.47. The van der Waals surface area contributed by atoms with E-state index in [9.17, 15) is 8.78 Å². The Morgan fingerprint density at radius 2 is 2.00 bits per heavy atom. The first-order chi connectivity index (χ1) is 8.74. The fourth-order valence-corrected chi connectivity index (χ4v) is 2.36. The van der Waals surface area contributed by atoms with E-state index in [2.05, 4.69) is 15.0 Å². The lowest BCUT2D eigenvalue weighted by molar-refractivity contribution is 0.0635. The van der Waals surface area contributed by atoms with Gasteiger partial charge in [-0.15, -0.1) is 0 Å². The summed E-state index contributed by atoms with van der Waals surface area (Å²) in [4.78, 5) is 6.53. The van der Waals surface area contributed by atoms with Crippen molar-refractivity contribution in [1.29, 1.82) is 0 Å². The fraction of sp³-hybridized carbons (Fsp3) is 0.500. The third-order valence-corrected chi connectivity index (χ3v) is 3.46. The second-order valence-corrected chi connectivity index (χ2v) is 4.58. The van der Waals surface area contributed by atoms with Crippen molar-refractivity contribution in [3.05, 3.63) is 24.5 Å². The highest BCUT2D eigenvalue weighted by Gasteiger charge is 2.26. The van der Waals surface area contributed by atoms with Gasteiger partial charge in [0.15, 0.2) is 5.65 Å². The summed E-state index contributed by atoms with van der Waals surface area (Å²) < 4.78 is 26.8. The first kappa shape index (κ1) is 11.4. The zero-order valence-electron chi connectivity index (χ0n) is 9.84. The van der Waals surface area contributed by atoms with Crippen molar-refractivity contribution in [1.82, 2.24) is 14.6 Å². The molecule has 0 saturated carbocycles. The molecule has 18 heavy (non-hydrogen) atoms. The molecule has 0 aliphatic carbocycles. The zero-order chi connectivity index (χ0) is 12.5. The van der Waals surface area contributed by atoms with Gasteiger partial charge in [-0.25, -0.2) is 18.3 Å². The third kappa shape index (κ3) is 2.02. The van der Waals surface area contributed by atoms with E-state index in [1.807, 2.05) is 18.3 Å². The summed E-state index contributed by atoms with van der Waals surface area (Å²) in [5.74, 6) is 0.385. The van der Waals surface area contributed by atoms with Gasteiger partial charge in [0, 0.05) is 31.3 Å². The summed E-state index contributed by atoms with van der Waals surface area (Å²) in [6.45, 7) is 1.29. The Morgan fingerprint density at radius 3 is 2.72 bits per heavy atom. The predicted molar refractivity (Wildman–Crippen MR) is 63.9 cm³/mol. The van der Waals surface area contributed by atoms with Crippen molar-refractivity contribution in [3.63, 3.8) is 0 Å². The molecule has 0 unspecified atom stereocenters. The summed E-state index contributed by atoms with van der Waals surface area (Å²) in [6, 6.07) is 3.71. The molecule has 2 aromatic rings. The molecule has 0 bridgehead atoms. The highest BCUT2D eigenvalue weighted by atomic mass is 19.3. The van der Waals surface area contributed by atoms with Gasteiger partial charge in [0.05, 0.1) is 6.20 Å². The van der Waals surface area contributed by atoms with E-state index in [1.54, 1.807) is 10.7 Å². The van der Waals surface area contributed by atoms with Gasteiger partial charge in [-0.1, -0.05) is 0 Å². The number of alkyl halides is 2. The molecular formula is C12H14F2N4. The van der Waals surface area contributed by atoms with Crippen LogP contribution in [0.3, 0.4) is 0 Å². The number of hydrogen-bond donors (Lipinski definition) is 0. The molecule has 6 heteroatoms. The van der Waals surface area contributed by atoms with Crippen molar-refractivity contribution in [2.45, 2.75) is 19.3 Å². The SMILES string of the molecule is FC(F)C1CCN(c2ccn3nccc3n2)CC1. The normalized spacial score (nSPS) is 17.8. The Labute approximate surface area is 103 Å². The van der Waals surface area contributed by atoms with Crippen molar-refractivity contribution in [2.75, 3.05) is 18.0 Å². The summed E-state index contributed by atoms with van der Waals surface area (Å²) >= 11 is 0. The molecule has 1 fully saturated rings. The van der Waals surface area contributed by atoms with Gasteiger partial charge < -0.3 is 4.90 Å². The Balaban J connectivity index is 1.75. The lowest BCUT2D eigenvalue weighted by Gasteiger charge is -2.32. The van der Waals surface area contributed by atoms with Crippen LogP contribution in [-0.2, 0) is 0 Å². The van der Waals surface area contributed by atoms with Gasteiger partial charge in [0.2, 0.25) is 6.43 Å². The molecule has 1 saturated heterocycles. The molecule has 0 N–H and O–H groups in total. The molecular weight excluding hydrogens is 238 g/mol. The summed E-state index contributed by atoms with van der Waals surface area (Å²) in [5, 5.41) is 4.08. The largest absolute Gasteiger partial charge is 0.356 e. The molecule has 2 aromatic heterocycles. The van der Waals surface area contributed by atoms with Crippen molar-refractivity contribution in [2.24, 2.45) is 5.92 Å². The second kappa shape index (κ2) is 4.51. The Hall–Kier alpha value is -1.72. The Bertz CT molecular complexity index is 532. The van der Waals surface area contributed by atoms with Crippen LogP contribution in [-0.4, -0.2) is 34.1 Å². The number of aromatic nitrogens is 3. The first-order valence-corrected chi connectivity index (χ1v) is 6.07. The maximum absolute atomic E-state index is 12.6. The minimum Gasteiger partial charge on any atom is -0.356 e. The number of halogens is 2. The summed E-state index contributed by atoms with van der Waals surface area (Å²) in [7, 11) is 0. The number of anilines is 1. The number of rotatable bonds is 2. The molecule has 0 amide bonds. The lowest BCUT2D eigenvalue weighted by atomic mass is 9.97. The van der Waals surface area contributed by atoms with Crippen molar-refractivity contribution in [3.8, 4) is 0 Å². The highest BCUT2D eigenvalue weighted by Crippen LogP contribution is 2.26. The molecule has 3 heterocycles. The van der Waals surface area contributed by atoms with Gasteiger partial charge >= 0.3 is 0 Å². The van der Waals surface area contributed by atoms with Crippen LogP contribution in [0, 0.1) is 5.92 Å². The Kier molecular flexibility index (Phi) is 2.85. The van der Waals surface area contributed by atoms with E-state index in [1.165, 1.54) is 0 Å². The van der Waals surface area contributed by atoms with Gasteiger partial charge in [0.25, 0.3) is 0 Å². The van der Waals surface area contributed by atoms with Crippen LogP contribution in [0.2, 0.25) is 0 Å². The average molecular weight is 252 g/mol. The van der Waals surface area contributed by atoms with Gasteiger partial charge in [-0.2, -0.15) is 5.10 Å². The zero-order valence-corrected chi connectivity index (χ0v) is 9.84. The minimum absolute atomic E-state index is 0.458. The van der Waals surface area contributed by atoms with Gasteiger partial charge in [0.1, 0.15) is 5.82 Å². The number of fused-ring (bicyclic) bond motifs is 1. The maximum Gasteiger partial charge on any atom is 0.241 e. The monoisotopic (exact) mass is 252 g/mol. The topological polar surface area (TPSA) is 33.4 Å². The molecule has 0 radical (unpaired) electrons. The van der Waals surface area contributed by atoms with Crippen molar-refractivity contribution < 1.29 is 8.78 Å². The molecule has 0 spiro atoms. The standard InChI is InChI=1S/C12H14F2N4/c13-12(14)9-2-6-17(7-3-9)10-4-8-18-11(16-10)1-5-15-18/h1,4-5,8-9,12H,2-3,6-7H2. The Morgan fingerprint density at radius 1 is 1.22 bits per heavy atom. The molecule has 0 atom stereocenters. The van der Waals surface area contributed by atoms with Crippen molar-refractivity contribution >= 4 is 11.5 Å². The van der Waals surface area contributed by atoms with Crippen LogP contribution >= 0.6 is 0 Å². The van der Waals surface area contributed by atoms with E-state index in [0.29, 0.717) is 25.9 Å². The number of hydrogen-bond acceptors (Lipinski definition) is 3. The molecule has 3 rings (SSSR count).